The van der Waals surface area contributed by atoms with E-state index in [0.717, 1.165) is 31.6 Å². The van der Waals surface area contributed by atoms with E-state index in [2.05, 4.69) is 34.5 Å². The smallest absolute Gasteiger partial charge is 0.224 e. The Morgan fingerprint density at radius 2 is 1.80 bits per heavy atom. The molecule has 0 aromatic heterocycles. The molecule has 0 fully saturated rings. The highest BCUT2D eigenvalue weighted by Crippen LogP contribution is 2.19. The van der Waals surface area contributed by atoms with Gasteiger partial charge in [-0.05, 0) is 23.1 Å². The summed E-state index contributed by atoms with van der Waals surface area (Å²) in [6.07, 6.45) is 1.08. The van der Waals surface area contributed by atoms with E-state index in [-0.39, 0.29) is 17.9 Å². The number of amides is 1. The Morgan fingerprint density at radius 1 is 1.12 bits per heavy atom. The van der Waals surface area contributed by atoms with Crippen LogP contribution in [0.3, 0.4) is 0 Å². The summed E-state index contributed by atoms with van der Waals surface area (Å²) in [5.74, 6) is -0.224. The predicted octanol–water partition coefficient (Wildman–Crippen LogP) is 2.50. The summed E-state index contributed by atoms with van der Waals surface area (Å²) >= 11 is 0. The van der Waals surface area contributed by atoms with Gasteiger partial charge in [0.1, 0.15) is 0 Å². The van der Waals surface area contributed by atoms with Crippen LogP contribution in [0.4, 0.5) is 0 Å². The van der Waals surface area contributed by atoms with Crippen LogP contribution >= 0.6 is 0 Å². The van der Waals surface area contributed by atoms with E-state index in [4.69, 9.17) is 5.73 Å². The van der Waals surface area contributed by atoms with Gasteiger partial charge in [0.25, 0.3) is 0 Å². The summed E-state index contributed by atoms with van der Waals surface area (Å²) in [5.41, 5.74) is 10.1. The van der Waals surface area contributed by atoms with Gasteiger partial charge in [0.05, 0.1) is 5.92 Å². The van der Waals surface area contributed by atoms with Crippen LogP contribution in [0.5, 0.6) is 0 Å². The molecule has 1 aliphatic heterocycles. The zero-order valence-electron chi connectivity index (χ0n) is 14.8. The van der Waals surface area contributed by atoms with Crippen molar-refractivity contribution in [3.63, 3.8) is 0 Å². The molecule has 3 N–H and O–H groups in total. The molecule has 0 radical (unpaired) electrons. The van der Waals surface area contributed by atoms with E-state index < -0.39 is 0 Å². The number of hydrogen-bond acceptors (Lipinski definition) is 3. The normalized spacial score (nSPS) is 16.7. The third-order valence-electron chi connectivity index (χ3n) is 5.07. The Morgan fingerprint density at radius 3 is 2.56 bits per heavy atom. The molecule has 1 heterocycles. The van der Waals surface area contributed by atoms with Crippen molar-refractivity contribution in [1.29, 1.82) is 0 Å². The molecule has 2 aromatic rings. The molecule has 1 aliphatic rings. The summed E-state index contributed by atoms with van der Waals surface area (Å²) in [4.78, 5) is 14.8. The largest absolute Gasteiger partial charge is 0.355 e. The minimum absolute atomic E-state index is 0.0220. The second-order valence-electron chi connectivity index (χ2n) is 6.81. The lowest BCUT2D eigenvalue weighted by Gasteiger charge is -2.29. The summed E-state index contributed by atoms with van der Waals surface area (Å²) in [6, 6.07) is 18.1. The number of nitrogens with zero attached hydrogens (tertiary/aromatic N) is 1. The first-order valence-electron chi connectivity index (χ1n) is 9.02. The number of benzene rings is 2. The molecule has 1 amide bonds. The van der Waals surface area contributed by atoms with Gasteiger partial charge in [-0.1, -0.05) is 61.5 Å². The van der Waals surface area contributed by atoms with Gasteiger partial charge in [-0.15, -0.1) is 0 Å². The van der Waals surface area contributed by atoms with Crippen LogP contribution < -0.4 is 11.1 Å². The van der Waals surface area contributed by atoms with Gasteiger partial charge in [-0.3, -0.25) is 9.69 Å². The fraction of sp³-hybridized carbons (Fsp3) is 0.381. The van der Waals surface area contributed by atoms with Gasteiger partial charge in [0.2, 0.25) is 5.91 Å². The molecule has 0 aliphatic carbocycles. The molecule has 0 spiro atoms. The third-order valence-corrected chi connectivity index (χ3v) is 5.07. The van der Waals surface area contributed by atoms with Crippen molar-refractivity contribution in [1.82, 2.24) is 10.2 Å². The average molecular weight is 337 g/mol. The van der Waals surface area contributed by atoms with Crippen LogP contribution in [0.15, 0.2) is 54.6 Å². The first kappa shape index (κ1) is 17.6. The number of carbonyl (C=O) groups excluding carboxylic acids is 1. The van der Waals surface area contributed by atoms with E-state index >= 15 is 0 Å². The molecule has 2 atom stereocenters. The molecular weight excluding hydrogens is 310 g/mol. The average Bonchev–Trinajstić information content (AvgIpc) is 2.67. The Labute approximate surface area is 150 Å². The highest BCUT2D eigenvalue weighted by molar-refractivity contribution is 5.79. The Hall–Kier alpha value is -2.17. The van der Waals surface area contributed by atoms with Crippen LogP contribution in [-0.4, -0.2) is 30.4 Å². The minimum Gasteiger partial charge on any atom is -0.355 e. The summed E-state index contributed by atoms with van der Waals surface area (Å²) in [7, 11) is 0. The Kier molecular flexibility index (Phi) is 5.84. The maximum Gasteiger partial charge on any atom is 0.224 e. The molecule has 0 saturated carbocycles. The summed E-state index contributed by atoms with van der Waals surface area (Å²) in [5, 5.41) is 3.04. The fourth-order valence-corrected chi connectivity index (χ4v) is 3.37. The quantitative estimate of drug-likeness (QED) is 0.851. The first-order chi connectivity index (χ1) is 12.1. The van der Waals surface area contributed by atoms with Crippen molar-refractivity contribution in [3.8, 4) is 0 Å². The van der Waals surface area contributed by atoms with E-state index in [1.807, 2.05) is 37.3 Å². The van der Waals surface area contributed by atoms with Gasteiger partial charge < -0.3 is 11.1 Å². The van der Waals surface area contributed by atoms with Gasteiger partial charge in [0.15, 0.2) is 0 Å². The maximum atomic E-state index is 12.4. The van der Waals surface area contributed by atoms with Crippen molar-refractivity contribution in [2.45, 2.75) is 25.9 Å². The molecule has 3 rings (SSSR count). The molecule has 0 saturated heterocycles. The molecule has 25 heavy (non-hydrogen) atoms. The van der Waals surface area contributed by atoms with Gasteiger partial charge in [0, 0.05) is 32.2 Å². The highest BCUT2D eigenvalue weighted by Gasteiger charge is 2.22. The van der Waals surface area contributed by atoms with Gasteiger partial charge >= 0.3 is 0 Å². The lowest BCUT2D eigenvalue weighted by Crippen LogP contribution is -2.41. The zero-order valence-corrected chi connectivity index (χ0v) is 14.8. The molecule has 4 heteroatoms. The predicted molar refractivity (Wildman–Crippen MR) is 101 cm³/mol. The number of fused-ring (bicyclic) bond motifs is 1. The summed E-state index contributed by atoms with van der Waals surface area (Å²) < 4.78 is 0. The lowest BCUT2D eigenvalue weighted by molar-refractivity contribution is -0.125. The summed E-state index contributed by atoms with van der Waals surface area (Å²) in [6.45, 7) is 5.43. The molecule has 0 bridgehead atoms. The Balaban J connectivity index is 1.45. The number of rotatable bonds is 6. The van der Waals surface area contributed by atoms with E-state index in [0.29, 0.717) is 6.54 Å². The molecular formula is C21H27N3O. The van der Waals surface area contributed by atoms with Gasteiger partial charge in [-0.25, -0.2) is 0 Å². The number of hydrogen-bond donors (Lipinski definition) is 2. The van der Waals surface area contributed by atoms with Crippen LogP contribution in [0, 0.1) is 5.92 Å². The van der Waals surface area contributed by atoms with Crippen molar-refractivity contribution >= 4 is 5.91 Å². The van der Waals surface area contributed by atoms with E-state index in [1.54, 1.807) is 0 Å². The molecule has 4 nitrogen and oxygen atoms in total. The van der Waals surface area contributed by atoms with Crippen molar-refractivity contribution in [2.75, 3.05) is 19.6 Å². The van der Waals surface area contributed by atoms with Crippen molar-refractivity contribution in [3.05, 3.63) is 71.3 Å². The topological polar surface area (TPSA) is 58.4 Å². The zero-order chi connectivity index (χ0) is 17.6. The van der Waals surface area contributed by atoms with Crippen molar-refractivity contribution in [2.24, 2.45) is 11.7 Å². The number of nitrogens with one attached hydrogen (secondary N) is 1. The third kappa shape index (κ3) is 4.47. The standard InChI is InChI=1S/C21H27N3O/c1-16(20(22)18-8-3-2-4-9-18)21(25)23-12-14-24-13-11-17-7-5-6-10-19(17)15-24/h2-10,16,20H,11-15,22H2,1H3,(H,23,25). The second kappa shape index (κ2) is 8.28. The lowest BCUT2D eigenvalue weighted by atomic mass is 9.95. The maximum absolute atomic E-state index is 12.4. The molecule has 2 unspecified atom stereocenters. The van der Waals surface area contributed by atoms with E-state index in [1.165, 1.54) is 11.1 Å². The second-order valence-corrected chi connectivity index (χ2v) is 6.81. The number of nitrogens with two attached hydrogens (primary N) is 1. The highest BCUT2D eigenvalue weighted by atomic mass is 16.1. The molecule has 2 aromatic carbocycles. The minimum atomic E-state index is -0.275. The number of carbonyl (C=O) groups is 1. The SMILES string of the molecule is CC(C(=O)NCCN1CCc2ccccc2C1)C(N)c1ccccc1. The van der Waals surface area contributed by atoms with Crippen LogP contribution in [0.2, 0.25) is 0 Å². The van der Waals surface area contributed by atoms with Gasteiger partial charge in [-0.2, -0.15) is 0 Å². The van der Waals surface area contributed by atoms with Crippen LogP contribution in [0.1, 0.15) is 29.7 Å². The monoisotopic (exact) mass is 337 g/mol. The first-order valence-corrected chi connectivity index (χ1v) is 9.02. The fourth-order valence-electron chi connectivity index (χ4n) is 3.37. The van der Waals surface area contributed by atoms with Crippen LogP contribution in [-0.2, 0) is 17.8 Å². The van der Waals surface area contributed by atoms with Crippen LogP contribution in [0.25, 0.3) is 0 Å². The Bertz CT molecular complexity index is 701. The molecule has 132 valence electrons. The van der Waals surface area contributed by atoms with Crippen molar-refractivity contribution < 1.29 is 4.79 Å². The van der Waals surface area contributed by atoms with E-state index in [9.17, 15) is 4.79 Å².